The highest BCUT2D eigenvalue weighted by Gasteiger charge is 2.24. The molecule has 1 aliphatic rings. The first kappa shape index (κ1) is 20.5. The van der Waals surface area contributed by atoms with Crippen molar-refractivity contribution >= 4 is 33.4 Å². The van der Waals surface area contributed by atoms with Crippen molar-refractivity contribution in [3.8, 4) is 0 Å². The van der Waals surface area contributed by atoms with Gasteiger partial charge in [0.1, 0.15) is 0 Å². The molecular formula is C22H26BrN3O2. The minimum Gasteiger partial charge on any atom is -0.465 e. The lowest BCUT2D eigenvalue weighted by Gasteiger charge is -2.32. The summed E-state index contributed by atoms with van der Waals surface area (Å²) < 4.78 is 5.82. The molecule has 0 N–H and O–H groups in total. The molecule has 1 aromatic heterocycles. The summed E-state index contributed by atoms with van der Waals surface area (Å²) in [5.41, 5.74) is 5.87. The van der Waals surface area contributed by atoms with Crippen molar-refractivity contribution in [3.05, 3.63) is 57.3 Å². The van der Waals surface area contributed by atoms with Crippen molar-refractivity contribution in [2.45, 2.75) is 39.5 Å². The topological polar surface area (TPSA) is 55.3 Å². The molecule has 1 aromatic carbocycles. The van der Waals surface area contributed by atoms with Crippen molar-refractivity contribution in [1.82, 2.24) is 9.97 Å². The van der Waals surface area contributed by atoms with Gasteiger partial charge in [-0.1, -0.05) is 48.3 Å². The lowest BCUT2D eigenvalue weighted by Crippen LogP contribution is -2.33. The molecule has 0 aliphatic carbocycles. The van der Waals surface area contributed by atoms with Crippen molar-refractivity contribution in [2.75, 3.05) is 25.1 Å². The number of methoxy groups -OCH3 is 1. The predicted molar refractivity (Wildman–Crippen MR) is 116 cm³/mol. The van der Waals surface area contributed by atoms with E-state index in [1.807, 2.05) is 0 Å². The van der Waals surface area contributed by atoms with Gasteiger partial charge in [-0.2, -0.15) is 0 Å². The van der Waals surface area contributed by atoms with Crippen LogP contribution in [-0.4, -0.2) is 36.1 Å². The van der Waals surface area contributed by atoms with Gasteiger partial charge in [0, 0.05) is 30.0 Å². The average molecular weight is 444 g/mol. The summed E-state index contributed by atoms with van der Waals surface area (Å²) >= 11 is 3.64. The monoisotopic (exact) mass is 443 g/mol. The standard InChI is InChI=1S/C22H26BrN3O2/c1-5-15-8-9-26(22-24-11-16(12-25-22)21(27)28-4)13-20(15)19-10-17(23)6-7-18(19)14(2)3/h6-7,10-12,14H,5,8-9,13H2,1-4H3. The maximum atomic E-state index is 11.6. The molecule has 0 amide bonds. The Morgan fingerprint density at radius 1 is 1.29 bits per heavy atom. The highest BCUT2D eigenvalue weighted by atomic mass is 79.9. The number of halogens is 1. The van der Waals surface area contributed by atoms with Crippen LogP contribution in [0.2, 0.25) is 0 Å². The molecule has 0 unspecified atom stereocenters. The quantitative estimate of drug-likeness (QED) is 0.592. The number of hydrogen-bond donors (Lipinski definition) is 0. The van der Waals surface area contributed by atoms with Crippen molar-refractivity contribution in [3.63, 3.8) is 0 Å². The fourth-order valence-corrected chi connectivity index (χ4v) is 4.00. The summed E-state index contributed by atoms with van der Waals surface area (Å²) in [6, 6.07) is 6.55. The minimum absolute atomic E-state index is 0.363. The van der Waals surface area contributed by atoms with Crippen LogP contribution in [0.25, 0.3) is 5.57 Å². The van der Waals surface area contributed by atoms with Gasteiger partial charge in [-0.15, -0.1) is 0 Å². The molecule has 28 heavy (non-hydrogen) atoms. The third kappa shape index (κ3) is 4.27. The van der Waals surface area contributed by atoms with Crippen LogP contribution in [0.5, 0.6) is 0 Å². The Morgan fingerprint density at radius 2 is 2.00 bits per heavy atom. The number of rotatable bonds is 5. The van der Waals surface area contributed by atoms with Crippen LogP contribution in [0, 0.1) is 0 Å². The molecule has 0 fully saturated rings. The van der Waals surface area contributed by atoms with Gasteiger partial charge in [-0.25, -0.2) is 14.8 Å². The molecule has 3 rings (SSSR count). The van der Waals surface area contributed by atoms with Crippen LogP contribution in [0.15, 0.2) is 40.6 Å². The smallest absolute Gasteiger partial charge is 0.341 e. The van der Waals surface area contributed by atoms with Gasteiger partial charge >= 0.3 is 5.97 Å². The Hall–Kier alpha value is -2.21. The zero-order valence-electron chi connectivity index (χ0n) is 16.8. The summed E-state index contributed by atoms with van der Waals surface area (Å²) in [5, 5.41) is 0. The number of esters is 1. The number of carbonyl (C=O) groups is 1. The Morgan fingerprint density at radius 3 is 2.61 bits per heavy atom. The van der Waals surface area contributed by atoms with E-state index in [9.17, 15) is 4.79 Å². The molecule has 1 aliphatic heterocycles. The first-order valence-corrected chi connectivity index (χ1v) is 10.4. The molecule has 148 valence electrons. The van der Waals surface area contributed by atoms with Crippen molar-refractivity contribution in [2.24, 2.45) is 0 Å². The second-order valence-electron chi connectivity index (χ2n) is 7.26. The van der Waals surface area contributed by atoms with Crippen LogP contribution in [0.1, 0.15) is 61.0 Å². The summed E-state index contributed by atoms with van der Waals surface area (Å²) in [7, 11) is 1.36. The van der Waals surface area contributed by atoms with E-state index < -0.39 is 5.97 Å². The van der Waals surface area contributed by atoms with E-state index in [0.717, 1.165) is 30.4 Å². The van der Waals surface area contributed by atoms with E-state index in [-0.39, 0.29) is 0 Å². The Kier molecular flexibility index (Phi) is 6.50. The van der Waals surface area contributed by atoms with E-state index in [2.05, 4.69) is 69.8 Å². The summed E-state index contributed by atoms with van der Waals surface area (Å²) in [4.78, 5) is 22.6. The number of hydrogen-bond acceptors (Lipinski definition) is 5. The van der Waals surface area contributed by atoms with Crippen LogP contribution in [0.3, 0.4) is 0 Å². The van der Waals surface area contributed by atoms with Gasteiger partial charge in [0.25, 0.3) is 0 Å². The van der Waals surface area contributed by atoms with Gasteiger partial charge in [-0.3, -0.25) is 0 Å². The molecule has 0 saturated heterocycles. The van der Waals surface area contributed by atoms with Gasteiger partial charge in [-0.05, 0) is 47.6 Å². The third-order valence-corrected chi connectivity index (χ3v) is 5.68. The molecule has 2 heterocycles. The fraction of sp³-hybridized carbons (Fsp3) is 0.409. The number of aromatic nitrogens is 2. The largest absolute Gasteiger partial charge is 0.465 e. The summed E-state index contributed by atoms with van der Waals surface area (Å²) in [6.45, 7) is 8.31. The lowest BCUT2D eigenvalue weighted by atomic mass is 9.86. The maximum absolute atomic E-state index is 11.6. The average Bonchev–Trinajstić information content (AvgIpc) is 2.72. The SMILES string of the molecule is CCC1=C(c2cc(Br)ccc2C(C)C)CN(c2ncc(C(=O)OC)cn2)CC1. The van der Waals surface area contributed by atoms with Crippen molar-refractivity contribution < 1.29 is 9.53 Å². The molecule has 5 nitrogen and oxygen atoms in total. The van der Waals surface area contributed by atoms with Crippen LogP contribution in [0.4, 0.5) is 5.95 Å². The van der Waals surface area contributed by atoms with E-state index in [4.69, 9.17) is 4.74 Å². The van der Waals surface area contributed by atoms with Gasteiger partial charge < -0.3 is 9.64 Å². The highest BCUT2D eigenvalue weighted by molar-refractivity contribution is 9.10. The number of anilines is 1. The lowest BCUT2D eigenvalue weighted by molar-refractivity contribution is 0.0600. The molecule has 0 spiro atoms. The maximum Gasteiger partial charge on any atom is 0.341 e. The second kappa shape index (κ2) is 8.86. The highest BCUT2D eigenvalue weighted by Crippen LogP contribution is 2.35. The van der Waals surface area contributed by atoms with Gasteiger partial charge in [0.05, 0.1) is 12.7 Å². The molecule has 2 aromatic rings. The van der Waals surface area contributed by atoms with E-state index in [0.29, 0.717) is 17.4 Å². The molecule has 0 radical (unpaired) electrons. The first-order valence-electron chi connectivity index (χ1n) is 9.60. The zero-order valence-corrected chi connectivity index (χ0v) is 18.4. The molecule has 0 bridgehead atoms. The Bertz CT molecular complexity index is 891. The first-order chi connectivity index (χ1) is 13.4. The molecule has 0 atom stereocenters. The van der Waals surface area contributed by atoms with Crippen LogP contribution >= 0.6 is 15.9 Å². The van der Waals surface area contributed by atoms with E-state index in [1.165, 1.54) is 41.8 Å². The van der Waals surface area contributed by atoms with E-state index in [1.54, 1.807) is 0 Å². The van der Waals surface area contributed by atoms with Crippen LogP contribution < -0.4 is 4.90 Å². The number of benzene rings is 1. The van der Waals surface area contributed by atoms with Crippen LogP contribution in [-0.2, 0) is 4.74 Å². The Balaban J connectivity index is 1.95. The second-order valence-corrected chi connectivity index (χ2v) is 8.17. The molecular weight excluding hydrogens is 418 g/mol. The molecule has 6 heteroatoms. The zero-order chi connectivity index (χ0) is 20.3. The summed E-state index contributed by atoms with van der Waals surface area (Å²) in [5.74, 6) is 0.663. The number of carbonyl (C=O) groups excluding carboxylic acids is 1. The van der Waals surface area contributed by atoms with E-state index >= 15 is 0 Å². The number of ether oxygens (including phenoxy) is 1. The van der Waals surface area contributed by atoms with Crippen molar-refractivity contribution in [1.29, 1.82) is 0 Å². The third-order valence-electron chi connectivity index (χ3n) is 5.19. The Labute approximate surface area is 175 Å². The number of nitrogens with zero attached hydrogens (tertiary/aromatic N) is 3. The van der Waals surface area contributed by atoms with Gasteiger partial charge in [0.2, 0.25) is 5.95 Å². The summed E-state index contributed by atoms with van der Waals surface area (Å²) in [6.07, 6.45) is 5.09. The predicted octanol–water partition coefficient (Wildman–Crippen LogP) is 5.22. The molecule has 0 saturated carbocycles. The van der Waals surface area contributed by atoms with Gasteiger partial charge in [0.15, 0.2) is 0 Å². The normalized spacial score (nSPS) is 14.6. The minimum atomic E-state index is -0.422. The fourth-order valence-electron chi connectivity index (χ4n) is 3.64.